The Morgan fingerprint density at radius 1 is 0.897 bits per heavy atom. The maximum atomic E-state index is 12.4. The van der Waals surface area contributed by atoms with Crippen molar-refractivity contribution in [1.29, 1.82) is 0 Å². The van der Waals surface area contributed by atoms with Crippen molar-refractivity contribution in [2.24, 2.45) is 23.7 Å². The Morgan fingerprint density at radius 2 is 1.52 bits per heavy atom. The van der Waals surface area contributed by atoms with Crippen LogP contribution < -0.4 is 0 Å². The number of Topliss-reactive ketones (excluding diaryl/α,β-unsaturated/α-hetero) is 1. The minimum absolute atomic E-state index is 0.169. The molecule has 0 spiro atoms. The molecule has 5 heteroatoms. The highest BCUT2D eigenvalue weighted by atomic mass is 16.5. The third-order valence-electron chi connectivity index (χ3n) is 6.97. The molecule has 0 aromatic carbocycles. The summed E-state index contributed by atoms with van der Waals surface area (Å²) in [6, 6.07) is 0. The van der Waals surface area contributed by atoms with Gasteiger partial charge in [0.1, 0.15) is 5.78 Å². The first-order valence-electron chi connectivity index (χ1n) is 11.9. The van der Waals surface area contributed by atoms with Gasteiger partial charge in [0.2, 0.25) is 5.91 Å². The van der Waals surface area contributed by atoms with Crippen LogP contribution in [0.25, 0.3) is 0 Å². The predicted octanol–water partition coefficient (Wildman–Crippen LogP) is 4.48. The van der Waals surface area contributed by atoms with E-state index in [0.29, 0.717) is 37.9 Å². The molecule has 2 fully saturated rings. The molecular weight excluding hydrogens is 366 g/mol. The number of likely N-dealkylation sites (tertiary alicyclic amines) is 1. The van der Waals surface area contributed by atoms with Gasteiger partial charge in [-0.2, -0.15) is 0 Å². The van der Waals surface area contributed by atoms with Crippen molar-refractivity contribution in [3.8, 4) is 0 Å². The number of ketones is 1. The molecule has 1 saturated heterocycles. The Balaban J connectivity index is 1.58. The zero-order valence-corrected chi connectivity index (χ0v) is 19.2. The fourth-order valence-corrected chi connectivity index (χ4v) is 4.81. The van der Waals surface area contributed by atoms with E-state index in [9.17, 15) is 9.59 Å². The van der Waals surface area contributed by atoms with Gasteiger partial charge in [0.05, 0.1) is 32.3 Å². The van der Waals surface area contributed by atoms with Gasteiger partial charge >= 0.3 is 0 Å². The van der Waals surface area contributed by atoms with Crippen LogP contribution in [0.4, 0.5) is 0 Å². The summed E-state index contributed by atoms with van der Waals surface area (Å²) in [5, 5.41) is 0. The van der Waals surface area contributed by atoms with Crippen LogP contribution in [0.5, 0.6) is 0 Å². The van der Waals surface area contributed by atoms with E-state index in [-0.39, 0.29) is 17.9 Å². The molecule has 1 heterocycles. The van der Waals surface area contributed by atoms with E-state index in [0.717, 1.165) is 57.0 Å². The standard InChI is InChI=1S/C24H43NO4/c1-5-19(4)29-17-16-28-15-12-23(26)25-13-10-21(11-14-25)20-6-8-22(9-7-20)24(27)18(2)3/h18-22H,5-17H2,1-4H3. The van der Waals surface area contributed by atoms with Gasteiger partial charge in [-0.1, -0.05) is 20.8 Å². The molecule has 168 valence electrons. The molecule has 0 N–H and O–H groups in total. The van der Waals surface area contributed by atoms with Crippen LogP contribution in [-0.2, 0) is 19.1 Å². The van der Waals surface area contributed by atoms with Crippen LogP contribution in [0.15, 0.2) is 0 Å². The number of rotatable bonds is 11. The second-order valence-corrected chi connectivity index (χ2v) is 9.34. The lowest BCUT2D eigenvalue weighted by atomic mass is 9.71. The molecular formula is C24H43NO4. The topological polar surface area (TPSA) is 55.8 Å². The smallest absolute Gasteiger partial charge is 0.224 e. The van der Waals surface area contributed by atoms with Crippen molar-refractivity contribution in [2.45, 2.75) is 85.2 Å². The summed E-state index contributed by atoms with van der Waals surface area (Å²) in [5.74, 6) is 2.61. The molecule has 2 aliphatic rings. The van der Waals surface area contributed by atoms with E-state index in [1.165, 1.54) is 12.8 Å². The first kappa shape index (κ1) is 24.3. The number of hydrogen-bond acceptors (Lipinski definition) is 4. The summed E-state index contributed by atoms with van der Waals surface area (Å²) < 4.78 is 11.1. The van der Waals surface area contributed by atoms with Crippen LogP contribution in [0.2, 0.25) is 0 Å². The number of nitrogens with zero attached hydrogens (tertiary/aromatic N) is 1. The first-order chi connectivity index (χ1) is 13.9. The van der Waals surface area contributed by atoms with Gasteiger partial charge in [-0.25, -0.2) is 0 Å². The molecule has 1 aliphatic heterocycles. The summed E-state index contributed by atoms with van der Waals surface area (Å²) in [7, 11) is 0. The van der Waals surface area contributed by atoms with Gasteiger partial charge < -0.3 is 14.4 Å². The highest BCUT2D eigenvalue weighted by molar-refractivity contribution is 5.82. The fourth-order valence-electron chi connectivity index (χ4n) is 4.81. The lowest BCUT2D eigenvalue weighted by Gasteiger charge is -2.39. The molecule has 29 heavy (non-hydrogen) atoms. The van der Waals surface area contributed by atoms with E-state index in [1.807, 2.05) is 18.7 Å². The average Bonchev–Trinajstić information content (AvgIpc) is 2.75. The lowest BCUT2D eigenvalue weighted by Crippen LogP contribution is -2.41. The molecule has 0 radical (unpaired) electrons. The second kappa shape index (κ2) is 12.7. The third kappa shape index (κ3) is 8.01. The summed E-state index contributed by atoms with van der Waals surface area (Å²) in [4.78, 5) is 26.7. The Morgan fingerprint density at radius 3 is 2.10 bits per heavy atom. The van der Waals surface area contributed by atoms with Crippen molar-refractivity contribution >= 4 is 11.7 Å². The zero-order valence-electron chi connectivity index (χ0n) is 19.2. The van der Waals surface area contributed by atoms with Crippen molar-refractivity contribution in [1.82, 2.24) is 4.90 Å². The normalized spacial score (nSPS) is 24.7. The van der Waals surface area contributed by atoms with Crippen LogP contribution >= 0.6 is 0 Å². The minimum Gasteiger partial charge on any atom is -0.379 e. The van der Waals surface area contributed by atoms with Gasteiger partial charge in [-0.3, -0.25) is 9.59 Å². The molecule has 2 rings (SSSR count). The highest BCUT2D eigenvalue weighted by Crippen LogP contribution is 2.38. The third-order valence-corrected chi connectivity index (χ3v) is 6.97. The Kier molecular flexibility index (Phi) is 10.6. The van der Waals surface area contributed by atoms with Crippen molar-refractivity contribution in [3.05, 3.63) is 0 Å². The van der Waals surface area contributed by atoms with E-state index in [2.05, 4.69) is 13.8 Å². The van der Waals surface area contributed by atoms with Crippen LogP contribution in [0.1, 0.15) is 79.1 Å². The highest BCUT2D eigenvalue weighted by Gasteiger charge is 2.33. The van der Waals surface area contributed by atoms with Gasteiger partial charge in [0.25, 0.3) is 0 Å². The summed E-state index contributed by atoms with van der Waals surface area (Å²) in [5.41, 5.74) is 0. The van der Waals surface area contributed by atoms with E-state index in [1.54, 1.807) is 0 Å². The minimum atomic E-state index is 0.169. The van der Waals surface area contributed by atoms with Crippen LogP contribution in [0.3, 0.4) is 0 Å². The SMILES string of the molecule is CCC(C)OCCOCCC(=O)N1CCC(C2CCC(C(=O)C(C)C)CC2)CC1. The number of carbonyl (C=O) groups excluding carboxylic acids is 2. The van der Waals surface area contributed by atoms with E-state index >= 15 is 0 Å². The molecule has 1 amide bonds. The summed E-state index contributed by atoms with van der Waals surface area (Å²) >= 11 is 0. The molecule has 0 bridgehead atoms. The Hall–Kier alpha value is -0.940. The monoisotopic (exact) mass is 409 g/mol. The molecule has 0 aromatic heterocycles. The second-order valence-electron chi connectivity index (χ2n) is 9.34. The number of carbonyl (C=O) groups is 2. The fraction of sp³-hybridized carbons (Fsp3) is 0.917. The molecule has 1 unspecified atom stereocenters. The van der Waals surface area contributed by atoms with Crippen molar-refractivity contribution in [3.63, 3.8) is 0 Å². The van der Waals surface area contributed by atoms with Gasteiger partial charge in [0, 0.05) is 24.9 Å². The molecule has 5 nitrogen and oxygen atoms in total. The molecule has 1 aliphatic carbocycles. The number of ether oxygens (including phenoxy) is 2. The largest absolute Gasteiger partial charge is 0.379 e. The number of hydrogen-bond donors (Lipinski definition) is 0. The molecule has 1 saturated carbocycles. The average molecular weight is 410 g/mol. The number of amides is 1. The van der Waals surface area contributed by atoms with Crippen molar-refractivity contribution < 1.29 is 19.1 Å². The lowest BCUT2D eigenvalue weighted by molar-refractivity contribution is -0.134. The number of piperidine rings is 1. The Labute approximate surface area is 177 Å². The van der Waals surface area contributed by atoms with Crippen LogP contribution in [0, 0.1) is 23.7 Å². The maximum Gasteiger partial charge on any atom is 0.224 e. The van der Waals surface area contributed by atoms with Gasteiger partial charge in [-0.15, -0.1) is 0 Å². The van der Waals surface area contributed by atoms with E-state index in [4.69, 9.17) is 9.47 Å². The van der Waals surface area contributed by atoms with Crippen LogP contribution in [-0.4, -0.2) is 55.6 Å². The maximum absolute atomic E-state index is 12.4. The Bertz CT molecular complexity index is 491. The summed E-state index contributed by atoms with van der Waals surface area (Å²) in [6.07, 6.45) is 8.49. The zero-order chi connectivity index (χ0) is 21.2. The van der Waals surface area contributed by atoms with E-state index < -0.39 is 0 Å². The van der Waals surface area contributed by atoms with Gasteiger partial charge in [-0.05, 0) is 63.7 Å². The molecule has 1 atom stereocenters. The molecule has 0 aromatic rings. The first-order valence-corrected chi connectivity index (χ1v) is 11.9. The van der Waals surface area contributed by atoms with Gasteiger partial charge in [0.15, 0.2) is 0 Å². The quantitative estimate of drug-likeness (QED) is 0.472. The van der Waals surface area contributed by atoms with Crippen molar-refractivity contribution in [2.75, 3.05) is 32.9 Å². The summed E-state index contributed by atoms with van der Waals surface area (Å²) in [6.45, 7) is 11.6. The predicted molar refractivity (Wildman–Crippen MR) is 116 cm³/mol.